The van der Waals surface area contributed by atoms with Gasteiger partial charge in [-0.15, -0.1) is 0 Å². The molecule has 6 heteroatoms. The van der Waals surface area contributed by atoms with Gasteiger partial charge in [0, 0.05) is 6.54 Å². The Hall–Kier alpha value is -1.69. The smallest absolute Gasteiger partial charge is 0.312 e. The van der Waals surface area contributed by atoms with Gasteiger partial charge >= 0.3 is 5.97 Å². The van der Waals surface area contributed by atoms with Gasteiger partial charge in [-0.1, -0.05) is 12.1 Å². The third-order valence-corrected chi connectivity index (χ3v) is 2.19. The highest BCUT2D eigenvalue weighted by Gasteiger charge is 2.17. The number of carbonyl (C=O) groups is 1. The lowest BCUT2D eigenvalue weighted by Crippen LogP contribution is -2.21. The molecule has 0 aromatic heterocycles. The van der Waals surface area contributed by atoms with Crippen molar-refractivity contribution in [3.05, 3.63) is 29.8 Å². The van der Waals surface area contributed by atoms with E-state index in [0.29, 0.717) is 5.56 Å². The number of carboxylic acid groups (broad SMARTS) is 1. The summed E-state index contributed by atoms with van der Waals surface area (Å²) in [6, 6.07) is 5.91. The van der Waals surface area contributed by atoms with E-state index in [1.54, 1.807) is 0 Å². The maximum Gasteiger partial charge on any atom is 0.312 e. The summed E-state index contributed by atoms with van der Waals surface area (Å²) in [5, 5.41) is 8.86. The minimum absolute atomic E-state index is 0.0213. The second-order valence-corrected chi connectivity index (χ2v) is 3.40. The fraction of sp³-hybridized carbons (Fsp3) is 0.364. The van der Waals surface area contributed by atoms with Crippen LogP contribution in [0, 0.1) is 0 Å². The van der Waals surface area contributed by atoms with Crippen LogP contribution in [0.25, 0.3) is 0 Å². The fourth-order valence-electron chi connectivity index (χ4n) is 1.34. The minimum Gasteiger partial charge on any atom is -0.488 e. The summed E-state index contributed by atoms with van der Waals surface area (Å²) in [6.45, 7) is -0.703. The number of carboxylic acids is 1. The molecule has 0 saturated carbocycles. The molecule has 1 unspecified atom stereocenters. The third-order valence-electron chi connectivity index (χ3n) is 2.19. The van der Waals surface area contributed by atoms with Crippen LogP contribution in [0.15, 0.2) is 24.3 Å². The highest BCUT2D eigenvalue weighted by atomic mass is 19.3. The Labute approximate surface area is 97.0 Å². The summed E-state index contributed by atoms with van der Waals surface area (Å²) in [5.41, 5.74) is 5.85. The molecule has 94 valence electrons. The molecule has 0 bridgehead atoms. The average Bonchev–Trinajstić information content (AvgIpc) is 2.28. The van der Waals surface area contributed by atoms with Gasteiger partial charge in [0.05, 0.1) is 5.92 Å². The van der Waals surface area contributed by atoms with E-state index in [0.717, 1.165) is 0 Å². The van der Waals surface area contributed by atoms with E-state index < -0.39 is 24.9 Å². The first-order valence-corrected chi connectivity index (χ1v) is 4.98. The maximum absolute atomic E-state index is 11.9. The zero-order valence-electron chi connectivity index (χ0n) is 8.98. The molecular weight excluding hydrogens is 232 g/mol. The van der Waals surface area contributed by atoms with E-state index in [1.807, 2.05) is 0 Å². The summed E-state index contributed by atoms with van der Waals surface area (Å²) in [5.74, 6) is -1.54. The molecule has 1 rings (SSSR count). The van der Waals surface area contributed by atoms with Crippen molar-refractivity contribution in [2.75, 3.05) is 13.2 Å². The molecule has 17 heavy (non-hydrogen) atoms. The van der Waals surface area contributed by atoms with Crippen molar-refractivity contribution in [1.82, 2.24) is 0 Å². The van der Waals surface area contributed by atoms with E-state index in [9.17, 15) is 13.6 Å². The predicted molar refractivity (Wildman–Crippen MR) is 57.4 cm³/mol. The predicted octanol–water partition coefficient (Wildman–Crippen LogP) is 1.46. The van der Waals surface area contributed by atoms with E-state index in [2.05, 4.69) is 0 Å². The number of hydrogen-bond donors (Lipinski definition) is 2. The number of halogens is 2. The average molecular weight is 245 g/mol. The monoisotopic (exact) mass is 245 g/mol. The summed E-state index contributed by atoms with van der Waals surface area (Å²) in [7, 11) is 0. The summed E-state index contributed by atoms with van der Waals surface area (Å²) in [6.07, 6.45) is -2.54. The van der Waals surface area contributed by atoms with Crippen LogP contribution in [0.5, 0.6) is 5.75 Å². The van der Waals surface area contributed by atoms with Gasteiger partial charge in [-0.05, 0) is 17.7 Å². The molecule has 0 saturated heterocycles. The lowest BCUT2D eigenvalue weighted by atomic mass is 9.99. The van der Waals surface area contributed by atoms with Crippen LogP contribution >= 0.6 is 0 Å². The molecule has 3 N–H and O–H groups in total. The molecule has 1 atom stereocenters. The fourth-order valence-corrected chi connectivity index (χ4v) is 1.34. The highest BCUT2D eigenvalue weighted by molar-refractivity contribution is 5.76. The number of aliphatic carboxylic acids is 1. The van der Waals surface area contributed by atoms with Gasteiger partial charge in [0.15, 0.2) is 0 Å². The first-order chi connectivity index (χ1) is 8.04. The summed E-state index contributed by atoms with van der Waals surface area (Å²) in [4.78, 5) is 10.8. The molecule has 1 aromatic carbocycles. The Bertz CT molecular complexity index is 367. The van der Waals surface area contributed by atoms with Crippen LogP contribution in [0.3, 0.4) is 0 Å². The van der Waals surface area contributed by atoms with Gasteiger partial charge in [0.2, 0.25) is 0 Å². The van der Waals surface area contributed by atoms with Gasteiger partial charge in [-0.2, -0.15) is 0 Å². The third kappa shape index (κ3) is 3.99. The van der Waals surface area contributed by atoms with E-state index in [4.69, 9.17) is 15.6 Å². The van der Waals surface area contributed by atoms with Crippen molar-refractivity contribution >= 4 is 5.97 Å². The molecule has 1 aromatic rings. The van der Waals surface area contributed by atoms with Gasteiger partial charge in [0.1, 0.15) is 12.4 Å². The minimum atomic E-state index is -2.54. The highest BCUT2D eigenvalue weighted by Crippen LogP contribution is 2.19. The number of nitrogens with two attached hydrogens (primary N) is 1. The van der Waals surface area contributed by atoms with Crippen LogP contribution < -0.4 is 10.5 Å². The van der Waals surface area contributed by atoms with Crippen molar-refractivity contribution in [3.8, 4) is 5.75 Å². The molecule has 4 nitrogen and oxygen atoms in total. The molecule has 0 fully saturated rings. The second kappa shape index (κ2) is 6.15. The van der Waals surface area contributed by atoms with Crippen LogP contribution in [-0.4, -0.2) is 30.7 Å². The lowest BCUT2D eigenvalue weighted by Gasteiger charge is -2.11. The first-order valence-electron chi connectivity index (χ1n) is 4.98. The van der Waals surface area contributed by atoms with Crippen LogP contribution in [0.1, 0.15) is 11.5 Å². The molecule has 0 spiro atoms. The molecular formula is C11H13F2NO3. The second-order valence-electron chi connectivity index (χ2n) is 3.40. The zero-order valence-corrected chi connectivity index (χ0v) is 8.98. The van der Waals surface area contributed by atoms with E-state index in [1.165, 1.54) is 24.3 Å². The van der Waals surface area contributed by atoms with Gasteiger partial charge in [-0.3, -0.25) is 4.79 Å². The van der Waals surface area contributed by atoms with Crippen molar-refractivity contribution in [3.63, 3.8) is 0 Å². The number of alkyl halides is 2. The summed E-state index contributed by atoms with van der Waals surface area (Å²) >= 11 is 0. The van der Waals surface area contributed by atoms with Crippen molar-refractivity contribution in [2.45, 2.75) is 12.3 Å². The zero-order chi connectivity index (χ0) is 12.8. The quantitative estimate of drug-likeness (QED) is 0.795. The molecule has 0 heterocycles. The van der Waals surface area contributed by atoms with Crippen LogP contribution in [-0.2, 0) is 4.79 Å². The number of rotatable bonds is 6. The van der Waals surface area contributed by atoms with Crippen LogP contribution in [0.2, 0.25) is 0 Å². The Morgan fingerprint density at radius 3 is 2.35 bits per heavy atom. The van der Waals surface area contributed by atoms with Gasteiger partial charge in [0.25, 0.3) is 6.43 Å². The molecule has 0 amide bonds. The SMILES string of the molecule is NCC(C(=O)O)c1ccc(OCC(F)F)cc1. The van der Waals surface area contributed by atoms with Crippen molar-refractivity contribution in [1.29, 1.82) is 0 Å². The van der Waals surface area contributed by atoms with Crippen LogP contribution in [0.4, 0.5) is 8.78 Å². The number of benzene rings is 1. The normalized spacial score (nSPS) is 12.5. The Morgan fingerprint density at radius 1 is 1.35 bits per heavy atom. The molecule has 0 radical (unpaired) electrons. The number of ether oxygens (including phenoxy) is 1. The topological polar surface area (TPSA) is 72.6 Å². The number of hydrogen-bond acceptors (Lipinski definition) is 3. The first kappa shape index (κ1) is 13.4. The van der Waals surface area contributed by atoms with E-state index >= 15 is 0 Å². The Kier molecular flexibility index (Phi) is 4.84. The molecule has 0 aliphatic carbocycles. The Morgan fingerprint density at radius 2 is 1.94 bits per heavy atom. The van der Waals surface area contributed by atoms with Gasteiger partial charge < -0.3 is 15.6 Å². The Balaban J connectivity index is 2.70. The molecule has 0 aliphatic rings. The molecule has 0 aliphatic heterocycles. The van der Waals surface area contributed by atoms with E-state index in [-0.39, 0.29) is 12.3 Å². The standard InChI is InChI=1S/C11H13F2NO3/c12-10(13)6-17-8-3-1-7(2-4-8)9(5-14)11(15)16/h1-4,9-10H,5-6,14H2,(H,15,16). The van der Waals surface area contributed by atoms with Gasteiger partial charge in [-0.25, -0.2) is 8.78 Å². The van der Waals surface area contributed by atoms with Crippen molar-refractivity contribution < 1.29 is 23.4 Å². The van der Waals surface area contributed by atoms with Crippen molar-refractivity contribution in [2.24, 2.45) is 5.73 Å². The maximum atomic E-state index is 11.9. The largest absolute Gasteiger partial charge is 0.488 e. The lowest BCUT2D eigenvalue weighted by molar-refractivity contribution is -0.138. The summed E-state index contributed by atoms with van der Waals surface area (Å²) < 4.78 is 28.5.